The van der Waals surface area contributed by atoms with Crippen molar-refractivity contribution >= 4 is 17.0 Å². The van der Waals surface area contributed by atoms with Crippen LogP contribution in [-0.2, 0) is 15.9 Å². The molecule has 0 saturated heterocycles. The Morgan fingerprint density at radius 2 is 1.53 bits per heavy atom. The summed E-state index contributed by atoms with van der Waals surface area (Å²) < 4.78 is 76.9. The molecule has 0 heterocycles. The number of hydrogen-bond donors (Lipinski definition) is 0. The van der Waals surface area contributed by atoms with E-state index in [0.29, 0.717) is 0 Å². The second-order valence-corrected chi connectivity index (χ2v) is 3.62. The Labute approximate surface area is 94.5 Å². The minimum Gasteiger partial charge on any atom is -0.768 e. The van der Waals surface area contributed by atoms with E-state index in [-0.39, 0.29) is 0 Å². The zero-order valence-corrected chi connectivity index (χ0v) is 8.87. The normalized spacial score (nSPS) is 12.4. The van der Waals surface area contributed by atoms with Gasteiger partial charge in [-0.3, -0.25) is 9.00 Å². The summed E-state index contributed by atoms with van der Waals surface area (Å²) in [6, 6.07) is 0. The second kappa shape index (κ2) is 4.80. The van der Waals surface area contributed by atoms with Crippen molar-refractivity contribution in [1.29, 1.82) is 0 Å². The average molecular weight is 271 g/mol. The van der Waals surface area contributed by atoms with Crippen LogP contribution in [0.3, 0.4) is 0 Å². The maximum atomic E-state index is 13.1. The maximum absolute atomic E-state index is 13.1. The van der Waals surface area contributed by atoms with Gasteiger partial charge in [-0.1, -0.05) is 0 Å². The molecule has 0 aromatic heterocycles. The molecule has 0 N–H and O–H groups in total. The fraction of sp³-hybridized carbons (Fsp3) is 0.125. The number of halogens is 4. The first-order chi connectivity index (χ1) is 7.77. The molecule has 0 saturated carbocycles. The second-order valence-electron chi connectivity index (χ2n) is 2.74. The summed E-state index contributed by atoms with van der Waals surface area (Å²) in [6.07, 6.45) is 0. The molecule has 0 spiro atoms. The highest BCUT2D eigenvalue weighted by atomic mass is 32.2. The van der Waals surface area contributed by atoms with Gasteiger partial charge in [0.2, 0.25) is 17.4 Å². The van der Waals surface area contributed by atoms with Crippen LogP contribution in [0.5, 0.6) is 5.75 Å². The molecule has 0 aliphatic rings. The third-order valence-corrected chi connectivity index (χ3v) is 2.29. The third kappa shape index (κ3) is 2.44. The molecule has 1 atom stereocenters. The van der Waals surface area contributed by atoms with E-state index in [1.165, 1.54) is 0 Å². The Hall–Kier alpha value is -1.48. The molecule has 0 bridgehead atoms. The van der Waals surface area contributed by atoms with Gasteiger partial charge in [0.25, 0.3) is 0 Å². The van der Waals surface area contributed by atoms with Crippen molar-refractivity contribution in [1.82, 2.24) is 0 Å². The lowest BCUT2D eigenvalue weighted by Crippen LogP contribution is -2.11. The summed E-state index contributed by atoms with van der Waals surface area (Å²) in [5.41, 5.74) is 0. The van der Waals surface area contributed by atoms with Gasteiger partial charge in [0, 0.05) is 6.92 Å². The lowest BCUT2D eigenvalue weighted by molar-refractivity contribution is -0.132. The number of benzene rings is 1. The van der Waals surface area contributed by atoms with Gasteiger partial charge in [-0.25, -0.2) is 8.78 Å². The van der Waals surface area contributed by atoms with E-state index < -0.39 is 51.0 Å². The van der Waals surface area contributed by atoms with Crippen LogP contribution < -0.4 is 4.74 Å². The summed E-state index contributed by atoms with van der Waals surface area (Å²) in [5, 5.41) is 0. The fourth-order valence-electron chi connectivity index (χ4n) is 0.971. The molecule has 17 heavy (non-hydrogen) atoms. The first-order valence-corrected chi connectivity index (χ1v) is 4.98. The number of carbonyl (C=O) groups excluding carboxylic acids is 1. The van der Waals surface area contributed by atoms with Crippen molar-refractivity contribution in [3.8, 4) is 5.75 Å². The van der Waals surface area contributed by atoms with Crippen molar-refractivity contribution in [3.05, 3.63) is 23.3 Å². The van der Waals surface area contributed by atoms with Gasteiger partial charge in [-0.15, -0.1) is 0 Å². The minimum absolute atomic E-state index is 0.744. The highest BCUT2D eigenvalue weighted by Crippen LogP contribution is 2.31. The Kier molecular flexibility index (Phi) is 3.83. The van der Waals surface area contributed by atoms with Crippen LogP contribution in [0.1, 0.15) is 6.92 Å². The quantitative estimate of drug-likeness (QED) is 0.268. The largest absolute Gasteiger partial charge is 0.768 e. The standard InChI is InChI=1S/C8H4F4O4S/c1-2(13)16-7-3(9)5(11)8(17(14)15)6(12)4(7)10/h1H3,(H,14,15)/p-1. The predicted molar refractivity (Wildman–Crippen MR) is 44.8 cm³/mol. The minimum atomic E-state index is -3.51. The lowest BCUT2D eigenvalue weighted by atomic mass is 10.3. The van der Waals surface area contributed by atoms with Crippen LogP contribution in [0.2, 0.25) is 0 Å². The maximum Gasteiger partial charge on any atom is 0.308 e. The molecule has 0 aliphatic heterocycles. The fourth-order valence-corrected chi connectivity index (χ4v) is 1.44. The highest BCUT2D eigenvalue weighted by molar-refractivity contribution is 7.79. The van der Waals surface area contributed by atoms with E-state index >= 15 is 0 Å². The molecule has 94 valence electrons. The summed E-state index contributed by atoms with van der Waals surface area (Å²) in [6.45, 7) is 0.744. The molecule has 9 heteroatoms. The average Bonchev–Trinajstić information content (AvgIpc) is 2.21. The zero-order chi connectivity index (χ0) is 13.3. The van der Waals surface area contributed by atoms with Gasteiger partial charge in [0.15, 0.2) is 11.6 Å². The molecule has 0 radical (unpaired) electrons. The molecule has 1 unspecified atom stereocenters. The van der Waals surface area contributed by atoms with Gasteiger partial charge >= 0.3 is 5.97 Å². The molecule has 1 rings (SSSR count). The van der Waals surface area contributed by atoms with Crippen LogP contribution in [0.4, 0.5) is 17.6 Å². The molecular formula is C8H3F4O4S-. The number of ether oxygens (including phenoxy) is 1. The number of esters is 1. The zero-order valence-electron chi connectivity index (χ0n) is 8.05. The number of carbonyl (C=O) groups is 1. The van der Waals surface area contributed by atoms with Gasteiger partial charge < -0.3 is 9.29 Å². The molecule has 0 fully saturated rings. The Morgan fingerprint density at radius 1 is 1.12 bits per heavy atom. The first-order valence-electron chi connectivity index (χ1n) is 3.91. The van der Waals surface area contributed by atoms with E-state index in [1.54, 1.807) is 0 Å². The van der Waals surface area contributed by atoms with Crippen LogP contribution in [0, 0.1) is 23.3 Å². The Morgan fingerprint density at radius 3 is 1.82 bits per heavy atom. The summed E-state index contributed by atoms with van der Waals surface area (Å²) in [4.78, 5) is 8.64. The monoisotopic (exact) mass is 271 g/mol. The predicted octanol–water partition coefficient (Wildman–Crippen LogP) is 1.41. The smallest absolute Gasteiger partial charge is 0.308 e. The van der Waals surface area contributed by atoms with Crippen LogP contribution in [0.15, 0.2) is 4.90 Å². The Bertz CT molecular complexity index is 488. The third-order valence-electron chi connectivity index (χ3n) is 1.60. The van der Waals surface area contributed by atoms with Gasteiger partial charge in [0.05, 0.1) is 0 Å². The van der Waals surface area contributed by atoms with E-state index in [0.717, 1.165) is 6.92 Å². The Balaban J connectivity index is 3.58. The molecule has 1 aromatic carbocycles. The van der Waals surface area contributed by atoms with Crippen LogP contribution in [0.25, 0.3) is 0 Å². The molecule has 4 nitrogen and oxygen atoms in total. The van der Waals surface area contributed by atoms with E-state index in [2.05, 4.69) is 4.74 Å². The number of hydrogen-bond acceptors (Lipinski definition) is 4. The van der Waals surface area contributed by atoms with Crippen molar-refractivity contribution in [2.45, 2.75) is 11.8 Å². The van der Waals surface area contributed by atoms with Gasteiger partial charge in [-0.2, -0.15) is 8.78 Å². The van der Waals surface area contributed by atoms with Crippen molar-refractivity contribution in [2.24, 2.45) is 0 Å². The molecular weight excluding hydrogens is 268 g/mol. The lowest BCUT2D eigenvalue weighted by Gasteiger charge is -2.12. The van der Waals surface area contributed by atoms with Crippen molar-refractivity contribution < 1.29 is 35.9 Å². The van der Waals surface area contributed by atoms with Crippen molar-refractivity contribution in [2.75, 3.05) is 0 Å². The summed E-state index contributed by atoms with van der Waals surface area (Å²) >= 11 is -3.51. The SMILES string of the molecule is CC(=O)Oc1c(F)c(F)c(S(=O)[O-])c(F)c1F. The van der Waals surface area contributed by atoms with Crippen molar-refractivity contribution in [3.63, 3.8) is 0 Å². The van der Waals surface area contributed by atoms with Crippen LogP contribution in [-0.4, -0.2) is 14.7 Å². The van der Waals surface area contributed by atoms with Gasteiger partial charge in [0.1, 0.15) is 4.90 Å². The summed E-state index contributed by atoms with van der Waals surface area (Å²) in [5.74, 6) is -11.4. The first kappa shape index (κ1) is 13.6. The highest BCUT2D eigenvalue weighted by Gasteiger charge is 2.28. The van der Waals surface area contributed by atoms with Gasteiger partial charge in [-0.05, 0) is 11.1 Å². The topological polar surface area (TPSA) is 66.4 Å². The molecule has 0 aliphatic carbocycles. The molecule has 1 aromatic rings. The summed E-state index contributed by atoms with van der Waals surface area (Å²) in [7, 11) is 0. The van der Waals surface area contributed by atoms with Crippen LogP contribution >= 0.6 is 0 Å². The van der Waals surface area contributed by atoms with E-state index in [4.69, 9.17) is 0 Å². The van der Waals surface area contributed by atoms with E-state index in [9.17, 15) is 31.1 Å². The molecule has 0 amide bonds. The van der Waals surface area contributed by atoms with E-state index in [1.807, 2.05) is 0 Å². The number of rotatable bonds is 2.